The molecule has 1 aliphatic rings. The molecule has 5 nitrogen and oxygen atoms in total. The van der Waals surface area contributed by atoms with Crippen LogP contribution in [0.25, 0.3) is 0 Å². The number of nitrogens with one attached hydrogen (secondary N) is 1. The summed E-state index contributed by atoms with van der Waals surface area (Å²) in [7, 11) is 1.60. The van der Waals surface area contributed by atoms with E-state index in [-0.39, 0.29) is 5.91 Å². The standard InChI is InChI=1S/C22H27NO4/c1-3-21(27-20-10-6-9-19(15-20)25-2)22(24)23-16-11-13-18(14-12-16)26-17-7-4-5-8-17/h6,9-15,17,21H,3-5,7-8H2,1-2H3,(H,23,24)/t21-/m0/s1. The normalized spacial score (nSPS) is 15.2. The molecule has 0 unspecified atom stereocenters. The Hall–Kier alpha value is -2.69. The van der Waals surface area contributed by atoms with Crippen molar-refractivity contribution in [1.82, 2.24) is 0 Å². The zero-order valence-corrected chi connectivity index (χ0v) is 15.9. The first kappa shape index (κ1) is 19.1. The maximum Gasteiger partial charge on any atom is 0.265 e. The van der Waals surface area contributed by atoms with Crippen molar-refractivity contribution in [3.8, 4) is 17.2 Å². The van der Waals surface area contributed by atoms with Gasteiger partial charge >= 0.3 is 0 Å². The van der Waals surface area contributed by atoms with Gasteiger partial charge in [-0.05, 0) is 68.5 Å². The van der Waals surface area contributed by atoms with E-state index in [4.69, 9.17) is 14.2 Å². The molecule has 2 aromatic carbocycles. The van der Waals surface area contributed by atoms with Crippen molar-refractivity contribution in [1.29, 1.82) is 0 Å². The molecule has 1 aliphatic carbocycles. The van der Waals surface area contributed by atoms with Gasteiger partial charge in [0.2, 0.25) is 0 Å². The fourth-order valence-corrected chi connectivity index (χ4v) is 3.20. The molecule has 0 aromatic heterocycles. The SMILES string of the molecule is CC[C@H](Oc1cccc(OC)c1)C(=O)Nc1ccc(OC2CCCC2)cc1. The van der Waals surface area contributed by atoms with Gasteiger partial charge < -0.3 is 19.5 Å². The summed E-state index contributed by atoms with van der Waals surface area (Å²) in [4.78, 5) is 12.6. The molecule has 1 N–H and O–H groups in total. The molecule has 5 heteroatoms. The predicted molar refractivity (Wildman–Crippen MR) is 106 cm³/mol. The predicted octanol–water partition coefficient (Wildman–Crippen LogP) is 4.81. The van der Waals surface area contributed by atoms with Crippen LogP contribution in [0.2, 0.25) is 0 Å². The topological polar surface area (TPSA) is 56.8 Å². The lowest BCUT2D eigenvalue weighted by Gasteiger charge is -2.18. The fraction of sp³-hybridized carbons (Fsp3) is 0.409. The third kappa shape index (κ3) is 5.39. The van der Waals surface area contributed by atoms with Gasteiger partial charge in [-0.25, -0.2) is 0 Å². The van der Waals surface area contributed by atoms with Crippen LogP contribution in [0.3, 0.4) is 0 Å². The van der Waals surface area contributed by atoms with Crippen LogP contribution in [0.1, 0.15) is 39.0 Å². The Morgan fingerprint density at radius 1 is 1.07 bits per heavy atom. The molecule has 27 heavy (non-hydrogen) atoms. The largest absolute Gasteiger partial charge is 0.497 e. The second-order valence-electron chi connectivity index (χ2n) is 6.73. The van der Waals surface area contributed by atoms with Crippen molar-refractivity contribution < 1.29 is 19.0 Å². The van der Waals surface area contributed by atoms with Gasteiger partial charge in [-0.2, -0.15) is 0 Å². The van der Waals surface area contributed by atoms with E-state index >= 15 is 0 Å². The second kappa shape index (κ2) is 9.31. The Morgan fingerprint density at radius 2 is 1.78 bits per heavy atom. The van der Waals surface area contributed by atoms with Crippen molar-refractivity contribution in [2.75, 3.05) is 12.4 Å². The Labute approximate surface area is 160 Å². The van der Waals surface area contributed by atoms with Gasteiger partial charge in [0.25, 0.3) is 5.91 Å². The van der Waals surface area contributed by atoms with Gasteiger partial charge in [0.05, 0.1) is 13.2 Å². The van der Waals surface area contributed by atoms with Crippen LogP contribution in [0.5, 0.6) is 17.2 Å². The minimum atomic E-state index is -0.577. The smallest absolute Gasteiger partial charge is 0.265 e. The summed E-state index contributed by atoms with van der Waals surface area (Å²) >= 11 is 0. The molecule has 0 aliphatic heterocycles. The zero-order chi connectivity index (χ0) is 19.1. The molecular weight excluding hydrogens is 342 g/mol. The van der Waals surface area contributed by atoms with Crippen LogP contribution in [0, 0.1) is 0 Å². The number of amides is 1. The van der Waals surface area contributed by atoms with E-state index in [1.165, 1.54) is 12.8 Å². The number of rotatable bonds is 8. The monoisotopic (exact) mass is 369 g/mol. The van der Waals surface area contributed by atoms with E-state index in [0.717, 1.165) is 24.3 Å². The summed E-state index contributed by atoms with van der Waals surface area (Å²) < 4.78 is 17.0. The number of ether oxygens (including phenoxy) is 3. The number of benzene rings is 2. The van der Waals surface area contributed by atoms with Crippen LogP contribution in [-0.2, 0) is 4.79 Å². The van der Waals surface area contributed by atoms with E-state index in [1.807, 2.05) is 49.4 Å². The molecule has 1 amide bonds. The summed E-state index contributed by atoms with van der Waals surface area (Å²) in [5.74, 6) is 1.97. The lowest BCUT2D eigenvalue weighted by atomic mass is 10.2. The highest BCUT2D eigenvalue weighted by Crippen LogP contribution is 2.25. The summed E-state index contributed by atoms with van der Waals surface area (Å²) in [6, 6.07) is 14.8. The van der Waals surface area contributed by atoms with E-state index in [2.05, 4.69) is 5.32 Å². The van der Waals surface area contributed by atoms with E-state index in [0.29, 0.717) is 24.0 Å². The second-order valence-corrected chi connectivity index (χ2v) is 6.73. The zero-order valence-electron chi connectivity index (χ0n) is 15.9. The number of anilines is 1. The van der Waals surface area contributed by atoms with Gasteiger partial charge in [0, 0.05) is 11.8 Å². The van der Waals surface area contributed by atoms with Crippen LogP contribution in [-0.4, -0.2) is 25.2 Å². The molecule has 1 fully saturated rings. The third-order valence-electron chi connectivity index (χ3n) is 4.71. The summed E-state index contributed by atoms with van der Waals surface area (Å²) in [6.45, 7) is 1.92. The summed E-state index contributed by atoms with van der Waals surface area (Å²) in [5, 5.41) is 2.91. The van der Waals surface area contributed by atoms with Crippen LogP contribution in [0.15, 0.2) is 48.5 Å². The van der Waals surface area contributed by atoms with E-state index in [9.17, 15) is 4.79 Å². The molecule has 0 spiro atoms. The Balaban J connectivity index is 1.57. The maximum absolute atomic E-state index is 12.6. The number of carbonyl (C=O) groups excluding carboxylic acids is 1. The van der Waals surface area contributed by atoms with Crippen LogP contribution >= 0.6 is 0 Å². The minimum Gasteiger partial charge on any atom is -0.497 e. The summed E-state index contributed by atoms with van der Waals surface area (Å²) in [6.07, 6.45) is 5.04. The van der Waals surface area contributed by atoms with Crippen molar-refractivity contribution in [2.24, 2.45) is 0 Å². The molecule has 2 aromatic rings. The molecule has 0 saturated heterocycles. The molecule has 0 heterocycles. The van der Waals surface area contributed by atoms with Crippen molar-refractivity contribution in [2.45, 2.75) is 51.2 Å². The molecule has 0 radical (unpaired) electrons. The number of methoxy groups -OCH3 is 1. The highest BCUT2D eigenvalue weighted by Gasteiger charge is 2.19. The number of hydrogen-bond donors (Lipinski definition) is 1. The lowest BCUT2D eigenvalue weighted by Crippen LogP contribution is -2.32. The van der Waals surface area contributed by atoms with Crippen molar-refractivity contribution in [3.05, 3.63) is 48.5 Å². The first-order valence-electron chi connectivity index (χ1n) is 9.56. The number of carbonyl (C=O) groups is 1. The van der Waals surface area contributed by atoms with Crippen LogP contribution < -0.4 is 19.5 Å². The van der Waals surface area contributed by atoms with Gasteiger partial charge in [0.15, 0.2) is 6.10 Å². The quantitative estimate of drug-likeness (QED) is 0.725. The fourth-order valence-electron chi connectivity index (χ4n) is 3.20. The molecule has 1 atom stereocenters. The average molecular weight is 369 g/mol. The van der Waals surface area contributed by atoms with Gasteiger partial charge in [-0.1, -0.05) is 13.0 Å². The molecular formula is C22H27NO4. The van der Waals surface area contributed by atoms with Crippen molar-refractivity contribution >= 4 is 11.6 Å². The van der Waals surface area contributed by atoms with Gasteiger partial charge in [0.1, 0.15) is 17.2 Å². The summed E-state index contributed by atoms with van der Waals surface area (Å²) in [5.41, 5.74) is 0.728. The Kier molecular flexibility index (Phi) is 6.58. The minimum absolute atomic E-state index is 0.176. The highest BCUT2D eigenvalue weighted by molar-refractivity contribution is 5.94. The molecule has 144 valence electrons. The average Bonchev–Trinajstić information content (AvgIpc) is 3.20. The van der Waals surface area contributed by atoms with Crippen molar-refractivity contribution in [3.63, 3.8) is 0 Å². The molecule has 1 saturated carbocycles. The first-order chi connectivity index (χ1) is 13.2. The first-order valence-corrected chi connectivity index (χ1v) is 9.56. The Bertz CT molecular complexity index is 738. The van der Waals surface area contributed by atoms with Gasteiger partial charge in [-0.15, -0.1) is 0 Å². The third-order valence-corrected chi connectivity index (χ3v) is 4.71. The number of hydrogen-bond acceptors (Lipinski definition) is 4. The molecule has 0 bridgehead atoms. The Morgan fingerprint density at radius 3 is 2.44 bits per heavy atom. The van der Waals surface area contributed by atoms with Gasteiger partial charge in [-0.3, -0.25) is 4.79 Å². The lowest BCUT2D eigenvalue weighted by molar-refractivity contribution is -0.122. The van der Waals surface area contributed by atoms with Crippen LogP contribution in [0.4, 0.5) is 5.69 Å². The van der Waals surface area contributed by atoms with E-state index < -0.39 is 6.10 Å². The molecule has 3 rings (SSSR count). The highest BCUT2D eigenvalue weighted by atomic mass is 16.5. The maximum atomic E-state index is 12.6. The van der Waals surface area contributed by atoms with E-state index in [1.54, 1.807) is 13.2 Å².